The van der Waals surface area contributed by atoms with Gasteiger partial charge in [-0.05, 0) is 19.1 Å². The molecule has 2 unspecified atom stereocenters. The molecule has 0 aromatic heterocycles. The van der Waals surface area contributed by atoms with Gasteiger partial charge in [0.1, 0.15) is 4.90 Å². The second-order valence-corrected chi connectivity index (χ2v) is 6.90. The fraction of sp³-hybridized carbons (Fsp3) is 0.462. The van der Waals surface area contributed by atoms with Crippen LogP contribution in [0.25, 0.3) is 0 Å². The van der Waals surface area contributed by atoms with Crippen LogP contribution in [-0.2, 0) is 14.8 Å². The summed E-state index contributed by atoms with van der Waals surface area (Å²) in [6, 6.07) is 6.90. The molecule has 0 amide bonds. The number of morpholine rings is 1. The number of benzene rings is 1. The molecule has 108 valence electrons. The summed E-state index contributed by atoms with van der Waals surface area (Å²) in [5.41, 5.74) is 0.662. The van der Waals surface area contributed by atoms with E-state index in [0.29, 0.717) is 30.4 Å². The maximum Gasteiger partial charge on any atom is 0.285 e. The highest BCUT2D eigenvalue weighted by Gasteiger charge is 2.35. The maximum atomic E-state index is 12.1. The molecule has 0 aliphatic carbocycles. The highest BCUT2D eigenvalue weighted by Crippen LogP contribution is 2.28. The number of amidine groups is 1. The monoisotopic (exact) mass is 314 g/mol. The Kier molecular flexibility index (Phi) is 3.48. The van der Waals surface area contributed by atoms with Crippen LogP contribution in [0.15, 0.2) is 33.6 Å². The van der Waals surface area contributed by atoms with Gasteiger partial charge in [-0.3, -0.25) is 0 Å². The summed E-state index contributed by atoms with van der Waals surface area (Å²) in [4.78, 5) is 2.22. The van der Waals surface area contributed by atoms with Gasteiger partial charge in [0.2, 0.25) is 0 Å². The maximum absolute atomic E-state index is 12.1. The number of nitrogens with zero attached hydrogens (tertiary/aromatic N) is 2. The van der Waals surface area contributed by atoms with Crippen molar-refractivity contribution in [3.63, 3.8) is 0 Å². The van der Waals surface area contributed by atoms with E-state index in [1.54, 1.807) is 18.2 Å². The van der Waals surface area contributed by atoms with Crippen LogP contribution >= 0.6 is 11.6 Å². The van der Waals surface area contributed by atoms with Gasteiger partial charge >= 0.3 is 0 Å². The number of alkyl halides is 1. The van der Waals surface area contributed by atoms with Crippen molar-refractivity contribution in [2.24, 2.45) is 4.40 Å². The lowest BCUT2D eigenvalue weighted by Crippen LogP contribution is -2.49. The van der Waals surface area contributed by atoms with Crippen molar-refractivity contribution >= 4 is 27.5 Å². The average Bonchev–Trinajstić information content (AvgIpc) is 2.71. The van der Waals surface area contributed by atoms with Gasteiger partial charge in [-0.1, -0.05) is 12.1 Å². The lowest BCUT2D eigenvalue weighted by atomic mass is 10.1. The van der Waals surface area contributed by atoms with Gasteiger partial charge in [0.05, 0.1) is 18.1 Å². The van der Waals surface area contributed by atoms with Crippen molar-refractivity contribution in [3.8, 4) is 0 Å². The fourth-order valence-electron chi connectivity index (χ4n) is 2.62. The SMILES string of the molecule is CC1CN(C2=NS(=O)(=O)c3ccccc32)CC(CCl)O1. The summed E-state index contributed by atoms with van der Waals surface area (Å²) in [6.45, 7) is 3.11. The first-order chi connectivity index (χ1) is 9.51. The molecule has 5 nitrogen and oxygen atoms in total. The Morgan fingerprint density at radius 1 is 1.40 bits per heavy atom. The van der Waals surface area contributed by atoms with Crippen LogP contribution in [0.2, 0.25) is 0 Å². The second kappa shape index (κ2) is 5.02. The van der Waals surface area contributed by atoms with E-state index in [1.807, 2.05) is 17.9 Å². The number of rotatable bonds is 1. The van der Waals surface area contributed by atoms with Gasteiger partial charge in [-0.15, -0.1) is 16.0 Å². The third-order valence-electron chi connectivity index (χ3n) is 3.41. The fourth-order valence-corrected chi connectivity index (χ4v) is 4.02. The summed E-state index contributed by atoms with van der Waals surface area (Å²) >= 11 is 5.86. The Morgan fingerprint density at radius 3 is 2.90 bits per heavy atom. The van der Waals surface area contributed by atoms with Crippen LogP contribution in [0.4, 0.5) is 0 Å². The van der Waals surface area contributed by atoms with Gasteiger partial charge in [0.25, 0.3) is 10.0 Å². The molecular formula is C13H15ClN2O3S. The van der Waals surface area contributed by atoms with E-state index in [9.17, 15) is 8.42 Å². The van der Waals surface area contributed by atoms with Crippen LogP contribution in [0.5, 0.6) is 0 Å². The number of ether oxygens (including phenoxy) is 1. The Bertz CT molecular complexity index is 659. The van der Waals surface area contributed by atoms with Crippen molar-refractivity contribution in [2.75, 3.05) is 19.0 Å². The van der Waals surface area contributed by atoms with E-state index in [1.165, 1.54) is 0 Å². The molecule has 1 saturated heterocycles. The van der Waals surface area contributed by atoms with Gasteiger partial charge in [0.15, 0.2) is 5.84 Å². The Labute approximate surface area is 123 Å². The Hall–Kier alpha value is -1.11. The number of hydrogen-bond donors (Lipinski definition) is 0. The van der Waals surface area contributed by atoms with Crippen molar-refractivity contribution in [2.45, 2.75) is 24.0 Å². The van der Waals surface area contributed by atoms with Crippen LogP contribution in [0.3, 0.4) is 0 Å². The Balaban J connectivity index is 1.99. The summed E-state index contributed by atoms with van der Waals surface area (Å²) in [6.07, 6.45) is -0.121. The predicted molar refractivity (Wildman–Crippen MR) is 76.8 cm³/mol. The molecule has 1 fully saturated rings. The topological polar surface area (TPSA) is 59.0 Å². The van der Waals surface area contributed by atoms with E-state index in [4.69, 9.17) is 16.3 Å². The molecular weight excluding hydrogens is 300 g/mol. The molecule has 3 rings (SSSR count). The zero-order valence-corrected chi connectivity index (χ0v) is 12.6. The minimum atomic E-state index is -3.57. The van der Waals surface area contributed by atoms with E-state index < -0.39 is 10.0 Å². The quantitative estimate of drug-likeness (QED) is 0.736. The summed E-state index contributed by atoms with van der Waals surface area (Å²) < 4.78 is 33.8. The van der Waals surface area contributed by atoms with Crippen LogP contribution in [0.1, 0.15) is 12.5 Å². The van der Waals surface area contributed by atoms with E-state index in [2.05, 4.69) is 4.40 Å². The van der Waals surface area contributed by atoms with Gasteiger partial charge < -0.3 is 9.64 Å². The minimum absolute atomic E-state index is 0.00864. The zero-order valence-electron chi connectivity index (χ0n) is 11.0. The molecule has 20 heavy (non-hydrogen) atoms. The molecule has 7 heteroatoms. The third-order valence-corrected chi connectivity index (χ3v) is 5.08. The van der Waals surface area contributed by atoms with Crippen molar-refractivity contribution in [1.82, 2.24) is 4.90 Å². The first-order valence-electron chi connectivity index (χ1n) is 6.42. The zero-order chi connectivity index (χ0) is 14.3. The van der Waals surface area contributed by atoms with E-state index in [-0.39, 0.29) is 17.1 Å². The van der Waals surface area contributed by atoms with Gasteiger partial charge in [0, 0.05) is 18.7 Å². The highest BCUT2D eigenvalue weighted by atomic mass is 35.5. The molecule has 0 bridgehead atoms. The summed E-state index contributed by atoms with van der Waals surface area (Å²) in [5, 5.41) is 0. The van der Waals surface area contributed by atoms with Crippen molar-refractivity contribution < 1.29 is 13.2 Å². The second-order valence-electron chi connectivity index (χ2n) is 5.01. The highest BCUT2D eigenvalue weighted by molar-refractivity contribution is 7.90. The lowest BCUT2D eigenvalue weighted by molar-refractivity contribution is -0.0460. The first-order valence-corrected chi connectivity index (χ1v) is 8.39. The molecule has 1 aromatic carbocycles. The first kappa shape index (κ1) is 13.9. The van der Waals surface area contributed by atoms with Gasteiger partial charge in [-0.25, -0.2) is 0 Å². The molecule has 0 radical (unpaired) electrons. The average molecular weight is 315 g/mol. The van der Waals surface area contributed by atoms with Crippen molar-refractivity contribution in [3.05, 3.63) is 29.8 Å². The van der Waals surface area contributed by atoms with E-state index in [0.717, 1.165) is 0 Å². The summed E-state index contributed by atoms with van der Waals surface area (Å²) in [5.74, 6) is 0.883. The van der Waals surface area contributed by atoms with Crippen molar-refractivity contribution in [1.29, 1.82) is 0 Å². The molecule has 2 aliphatic rings. The van der Waals surface area contributed by atoms with Crippen LogP contribution in [-0.4, -0.2) is 50.3 Å². The molecule has 2 aliphatic heterocycles. The van der Waals surface area contributed by atoms with Crippen LogP contribution in [0, 0.1) is 0 Å². The number of halogens is 1. The lowest BCUT2D eigenvalue weighted by Gasteiger charge is -2.37. The number of fused-ring (bicyclic) bond motifs is 1. The number of hydrogen-bond acceptors (Lipinski definition) is 4. The predicted octanol–water partition coefficient (Wildman–Crippen LogP) is 1.46. The standard InChI is InChI=1S/C13H15ClN2O3S/c1-9-7-16(8-10(6-14)19-9)13-11-4-2-3-5-12(11)20(17,18)15-13/h2-5,9-10H,6-8H2,1H3. The summed E-state index contributed by atoms with van der Waals surface area (Å²) in [7, 11) is -3.57. The molecule has 0 N–H and O–H groups in total. The molecule has 2 atom stereocenters. The normalized spacial score (nSPS) is 28.1. The van der Waals surface area contributed by atoms with Crippen LogP contribution < -0.4 is 0 Å². The molecule has 0 saturated carbocycles. The van der Waals surface area contributed by atoms with E-state index >= 15 is 0 Å². The smallest absolute Gasteiger partial charge is 0.285 e. The molecule has 1 aromatic rings. The largest absolute Gasteiger partial charge is 0.370 e. The third kappa shape index (κ3) is 2.32. The molecule has 2 heterocycles. The Morgan fingerprint density at radius 2 is 2.15 bits per heavy atom. The van der Waals surface area contributed by atoms with Gasteiger partial charge in [-0.2, -0.15) is 8.42 Å². The minimum Gasteiger partial charge on any atom is -0.370 e. The molecule has 0 spiro atoms. The number of sulfonamides is 1.